The van der Waals surface area contributed by atoms with E-state index < -0.39 is 35.1 Å². The summed E-state index contributed by atoms with van der Waals surface area (Å²) in [5.41, 5.74) is 7.89. The van der Waals surface area contributed by atoms with Crippen LogP contribution in [0.2, 0.25) is 0 Å². The molecule has 2 atom stereocenters. The third-order valence-electron chi connectivity index (χ3n) is 4.86. The van der Waals surface area contributed by atoms with Crippen LogP contribution in [0.5, 0.6) is 0 Å². The lowest BCUT2D eigenvalue weighted by Crippen LogP contribution is -2.09. The number of rotatable bonds is 1. The van der Waals surface area contributed by atoms with Crippen LogP contribution < -0.4 is 5.73 Å². The van der Waals surface area contributed by atoms with Crippen molar-refractivity contribution in [2.45, 2.75) is 24.7 Å². The zero-order valence-electron chi connectivity index (χ0n) is 12.0. The van der Waals surface area contributed by atoms with Crippen molar-refractivity contribution in [3.63, 3.8) is 0 Å². The molecule has 2 aromatic carbocycles. The minimum Gasteiger partial charge on any atom is -0.399 e. The number of hydrogen-bond donors (Lipinski definition) is 1. The monoisotopic (exact) mass is 319 g/mol. The summed E-state index contributed by atoms with van der Waals surface area (Å²) >= 11 is 0. The van der Waals surface area contributed by atoms with Crippen molar-refractivity contribution in [1.82, 2.24) is 0 Å². The molecule has 2 aliphatic rings. The average Bonchev–Trinajstić information content (AvgIpc) is 3.08. The van der Waals surface area contributed by atoms with E-state index in [9.17, 15) is 17.6 Å². The normalized spacial score (nSPS) is 21.7. The highest BCUT2D eigenvalue weighted by atomic mass is 19.2. The second kappa shape index (κ2) is 4.85. The third kappa shape index (κ3) is 1.92. The molecular formula is C18H13F4N. The van der Waals surface area contributed by atoms with Crippen molar-refractivity contribution < 1.29 is 17.6 Å². The first-order valence-electron chi connectivity index (χ1n) is 7.41. The molecule has 0 amide bonds. The largest absolute Gasteiger partial charge is 0.399 e. The van der Waals surface area contributed by atoms with E-state index in [1.165, 1.54) is 0 Å². The van der Waals surface area contributed by atoms with Crippen molar-refractivity contribution in [3.8, 4) is 0 Å². The number of nitrogen functional groups attached to an aromatic ring is 1. The molecule has 1 fully saturated rings. The predicted molar refractivity (Wildman–Crippen MR) is 79.8 cm³/mol. The highest BCUT2D eigenvalue weighted by Crippen LogP contribution is 2.59. The van der Waals surface area contributed by atoms with Gasteiger partial charge >= 0.3 is 0 Å². The molecule has 2 aromatic rings. The quantitative estimate of drug-likeness (QED) is 0.345. The minimum atomic E-state index is -1.72. The lowest BCUT2D eigenvalue weighted by molar-refractivity contribution is 0.394. The van der Waals surface area contributed by atoms with Crippen molar-refractivity contribution in [1.29, 1.82) is 0 Å². The van der Waals surface area contributed by atoms with Crippen molar-refractivity contribution in [3.05, 3.63) is 69.8 Å². The second-order valence-corrected chi connectivity index (χ2v) is 6.08. The Morgan fingerprint density at radius 1 is 0.783 bits per heavy atom. The molecule has 1 nitrogen and oxygen atoms in total. The van der Waals surface area contributed by atoms with E-state index in [1.807, 2.05) is 6.08 Å². The van der Waals surface area contributed by atoms with Gasteiger partial charge in [-0.05, 0) is 30.5 Å². The van der Waals surface area contributed by atoms with Crippen LogP contribution in [0.3, 0.4) is 0 Å². The number of nitrogens with two attached hydrogens (primary N) is 1. The topological polar surface area (TPSA) is 26.0 Å². The maximum Gasteiger partial charge on any atom is 0.197 e. The van der Waals surface area contributed by atoms with Gasteiger partial charge in [-0.1, -0.05) is 23.8 Å². The molecule has 0 saturated heterocycles. The molecule has 2 unspecified atom stereocenters. The molecule has 1 saturated carbocycles. The molecule has 2 aliphatic carbocycles. The maximum absolute atomic E-state index is 14.1. The van der Waals surface area contributed by atoms with E-state index in [0.717, 1.165) is 11.1 Å². The molecule has 0 aliphatic heterocycles. The fourth-order valence-electron chi connectivity index (χ4n) is 3.86. The molecule has 5 heteroatoms. The molecule has 23 heavy (non-hydrogen) atoms. The summed E-state index contributed by atoms with van der Waals surface area (Å²) in [5, 5.41) is 0. The van der Waals surface area contributed by atoms with Crippen LogP contribution in [0.15, 0.2) is 29.8 Å². The van der Waals surface area contributed by atoms with Crippen LogP contribution in [-0.4, -0.2) is 0 Å². The van der Waals surface area contributed by atoms with Crippen molar-refractivity contribution >= 4 is 11.8 Å². The Hall–Kier alpha value is -2.30. The van der Waals surface area contributed by atoms with Gasteiger partial charge in [0.25, 0.3) is 0 Å². The molecule has 2 bridgehead atoms. The van der Waals surface area contributed by atoms with Gasteiger partial charge in [0.15, 0.2) is 23.3 Å². The van der Waals surface area contributed by atoms with Crippen LogP contribution in [0.25, 0.3) is 6.08 Å². The third-order valence-corrected chi connectivity index (χ3v) is 4.86. The molecule has 118 valence electrons. The summed E-state index contributed by atoms with van der Waals surface area (Å²) in [7, 11) is 0. The van der Waals surface area contributed by atoms with Crippen molar-refractivity contribution in [2.24, 2.45) is 0 Å². The first-order valence-corrected chi connectivity index (χ1v) is 7.41. The minimum absolute atomic E-state index is 0.0145. The first-order chi connectivity index (χ1) is 11.0. The van der Waals surface area contributed by atoms with Gasteiger partial charge in [-0.3, -0.25) is 0 Å². The summed E-state index contributed by atoms with van der Waals surface area (Å²) in [6.07, 6.45) is 3.07. The maximum atomic E-state index is 14.1. The van der Waals surface area contributed by atoms with Crippen LogP contribution in [0.1, 0.15) is 41.4 Å². The number of halogens is 4. The average molecular weight is 319 g/mol. The molecular weight excluding hydrogens is 306 g/mol. The van der Waals surface area contributed by atoms with Gasteiger partial charge in [0.2, 0.25) is 0 Å². The lowest BCUT2D eigenvalue weighted by Gasteiger charge is -2.16. The standard InChI is InChI=1S/C18H13F4N/c19-15-13-10-5-6-11(14(13)16(20)18(22)17(15)21)12(10)7-8-1-3-9(23)4-2-8/h1-4,7,10-11H,5-6,23H2. The van der Waals surface area contributed by atoms with Crippen LogP contribution in [-0.2, 0) is 0 Å². The molecule has 2 N–H and O–H groups in total. The highest BCUT2D eigenvalue weighted by Gasteiger charge is 2.47. The van der Waals surface area contributed by atoms with Crippen LogP contribution >= 0.6 is 0 Å². The first kappa shape index (κ1) is 14.3. The summed E-state index contributed by atoms with van der Waals surface area (Å²) < 4.78 is 55.4. The van der Waals surface area contributed by atoms with Gasteiger partial charge < -0.3 is 5.73 Å². The Balaban J connectivity index is 1.87. The Bertz CT molecular complexity index is 794. The fourth-order valence-corrected chi connectivity index (χ4v) is 3.86. The van der Waals surface area contributed by atoms with Gasteiger partial charge in [-0.2, -0.15) is 0 Å². The van der Waals surface area contributed by atoms with Gasteiger partial charge in [0.05, 0.1) is 0 Å². The Morgan fingerprint density at radius 3 is 1.74 bits per heavy atom. The number of hydrogen-bond acceptors (Lipinski definition) is 1. The van der Waals surface area contributed by atoms with Crippen LogP contribution in [0, 0.1) is 23.3 Å². The Kier molecular flexibility index (Phi) is 3.01. The number of allylic oxidation sites excluding steroid dienone is 1. The van der Waals surface area contributed by atoms with E-state index in [4.69, 9.17) is 5.73 Å². The Labute approximate surface area is 130 Å². The molecule has 0 aromatic heterocycles. The summed E-state index contributed by atoms with van der Waals surface area (Å²) in [5.74, 6) is -6.74. The summed E-state index contributed by atoms with van der Waals surface area (Å²) in [6.45, 7) is 0. The van der Waals surface area contributed by atoms with Gasteiger partial charge in [0.1, 0.15) is 0 Å². The molecule has 0 radical (unpaired) electrons. The highest BCUT2D eigenvalue weighted by molar-refractivity contribution is 5.66. The van der Waals surface area contributed by atoms with Crippen molar-refractivity contribution in [2.75, 3.05) is 5.73 Å². The fraction of sp³-hybridized carbons (Fsp3) is 0.222. The number of fused-ring (bicyclic) bond motifs is 5. The molecule has 0 heterocycles. The number of anilines is 1. The zero-order valence-corrected chi connectivity index (χ0v) is 12.0. The Morgan fingerprint density at radius 2 is 1.26 bits per heavy atom. The second-order valence-electron chi connectivity index (χ2n) is 6.08. The summed E-state index contributed by atoms with van der Waals surface area (Å²) in [6, 6.07) is 7.07. The van der Waals surface area contributed by atoms with Gasteiger partial charge in [0, 0.05) is 28.7 Å². The number of benzene rings is 2. The molecule has 4 rings (SSSR count). The van der Waals surface area contributed by atoms with E-state index in [2.05, 4.69) is 0 Å². The summed E-state index contributed by atoms with van der Waals surface area (Å²) in [4.78, 5) is 0. The van der Waals surface area contributed by atoms with E-state index >= 15 is 0 Å². The van der Waals surface area contributed by atoms with Gasteiger partial charge in [-0.15, -0.1) is 0 Å². The van der Waals surface area contributed by atoms with E-state index in [0.29, 0.717) is 18.5 Å². The SMILES string of the molecule is Nc1ccc(C=C2C3CCC2c2c(F)c(F)c(F)c(F)c23)cc1. The smallest absolute Gasteiger partial charge is 0.197 e. The van der Waals surface area contributed by atoms with Crippen LogP contribution in [0.4, 0.5) is 23.2 Å². The zero-order chi connectivity index (χ0) is 16.3. The lowest BCUT2D eigenvalue weighted by atomic mass is 9.90. The van der Waals surface area contributed by atoms with E-state index in [1.54, 1.807) is 24.3 Å². The predicted octanol–water partition coefficient (Wildman–Crippen LogP) is 4.88. The molecule has 0 spiro atoms. The van der Waals surface area contributed by atoms with E-state index in [-0.39, 0.29) is 11.1 Å². The van der Waals surface area contributed by atoms with Gasteiger partial charge in [-0.25, -0.2) is 17.6 Å².